The smallest absolute Gasteiger partial charge is 0.329 e. The number of rotatable bonds is 12. The van der Waals surface area contributed by atoms with E-state index in [0.29, 0.717) is 24.5 Å². The van der Waals surface area contributed by atoms with E-state index in [9.17, 15) is 14.4 Å². The highest BCUT2D eigenvalue weighted by atomic mass is 16.6. The summed E-state index contributed by atoms with van der Waals surface area (Å²) in [5.41, 5.74) is 1.76. The number of esters is 1. The topological polar surface area (TPSA) is 106 Å². The second-order valence-corrected chi connectivity index (χ2v) is 11.4. The van der Waals surface area contributed by atoms with Crippen molar-refractivity contribution in [3.63, 3.8) is 0 Å². The van der Waals surface area contributed by atoms with Crippen molar-refractivity contribution in [2.45, 2.75) is 71.8 Å². The lowest BCUT2D eigenvalue weighted by molar-refractivity contribution is -0.158. The maximum atomic E-state index is 13.4. The number of hydrogen-bond donors (Lipinski definition) is 3. The van der Waals surface area contributed by atoms with Crippen molar-refractivity contribution in [3.8, 4) is 5.75 Å². The number of carbonyl (C=O) groups excluding carboxylic acids is 3. The Hall–Kier alpha value is -4.33. The highest BCUT2D eigenvalue weighted by molar-refractivity contribution is 5.95. The van der Waals surface area contributed by atoms with Gasteiger partial charge in [-0.1, -0.05) is 74.5 Å². The quantitative estimate of drug-likeness (QED) is 0.241. The van der Waals surface area contributed by atoms with Gasteiger partial charge < -0.3 is 25.4 Å². The van der Waals surface area contributed by atoms with Crippen molar-refractivity contribution < 1.29 is 23.9 Å². The molecule has 0 radical (unpaired) electrons. The molecule has 3 aromatic rings. The zero-order valence-corrected chi connectivity index (χ0v) is 24.5. The summed E-state index contributed by atoms with van der Waals surface area (Å²) in [6, 6.07) is 23.9. The largest absolute Gasteiger partial charge is 0.489 e. The molecule has 3 aromatic carbocycles. The second-order valence-electron chi connectivity index (χ2n) is 11.4. The molecule has 3 N–H and O–H groups in total. The lowest BCUT2D eigenvalue weighted by Crippen LogP contribution is -2.54. The summed E-state index contributed by atoms with van der Waals surface area (Å²) in [5.74, 6) is -0.194. The van der Waals surface area contributed by atoms with Crippen LogP contribution in [0.15, 0.2) is 84.9 Å². The van der Waals surface area contributed by atoms with Crippen LogP contribution in [0.2, 0.25) is 0 Å². The molecule has 0 saturated heterocycles. The van der Waals surface area contributed by atoms with E-state index in [-0.39, 0.29) is 12.3 Å². The van der Waals surface area contributed by atoms with Crippen molar-refractivity contribution >= 4 is 23.6 Å². The first-order chi connectivity index (χ1) is 19.5. The molecule has 0 heterocycles. The fraction of sp³-hybridized carbons (Fsp3) is 0.364. The van der Waals surface area contributed by atoms with Crippen LogP contribution in [0, 0.1) is 5.92 Å². The summed E-state index contributed by atoms with van der Waals surface area (Å²) < 4.78 is 11.5. The van der Waals surface area contributed by atoms with Crippen LogP contribution in [0.4, 0.5) is 10.5 Å². The Morgan fingerprint density at radius 1 is 0.756 bits per heavy atom. The van der Waals surface area contributed by atoms with Crippen LogP contribution in [-0.2, 0) is 27.4 Å². The SMILES string of the molecule is CC(C)CC(NC(=O)Nc1ccccc1)C(=O)NC(Cc1ccc(OCc2ccccc2)cc1)C(=O)OC(C)(C)C. The minimum Gasteiger partial charge on any atom is -0.489 e. The highest BCUT2D eigenvalue weighted by Gasteiger charge is 2.30. The van der Waals surface area contributed by atoms with Gasteiger partial charge in [-0.15, -0.1) is 0 Å². The maximum absolute atomic E-state index is 13.4. The average molecular weight is 560 g/mol. The third-order valence-electron chi connectivity index (χ3n) is 5.98. The van der Waals surface area contributed by atoms with Gasteiger partial charge in [0.1, 0.15) is 30.0 Å². The van der Waals surface area contributed by atoms with Gasteiger partial charge in [-0.25, -0.2) is 9.59 Å². The molecule has 3 rings (SSSR count). The van der Waals surface area contributed by atoms with E-state index in [1.807, 2.05) is 74.5 Å². The minimum atomic E-state index is -0.952. The zero-order valence-electron chi connectivity index (χ0n) is 24.5. The average Bonchev–Trinajstić information content (AvgIpc) is 2.92. The molecule has 2 atom stereocenters. The number of amides is 3. The molecule has 0 bridgehead atoms. The Labute approximate surface area is 242 Å². The van der Waals surface area contributed by atoms with Gasteiger partial charge in [-0.2, -0.15) is 0 Å². The lowest BCUT2D eigenvalue weighted by atomic mass is 10.0. The lowest BCUT2D eigenvalue weighted by Gasteiger charge is -2.27. The number of para-hydroxylation sites is 1. The first-order valence-corrected chi connectivity index (χ1v) is 13.9. The summed E-state index contributed by atoms with van der Waals surface area (Å²) in [5, 5.41) is 8.33. The fourth-order valence-electron chi connectivity index (χ4n) is 4.09. The Balaban J connectivity index is 1.70. The van der Waals surface area contributed by atoms with E-state index in [0.717, 1.165) is 11.1 Å². The van der Waals surface area contributed by atoms with Gasteiger partial charge in [-0.05, 0) is 68.5 Å². The highest BCUT2D eigenvalue weighted by Crippen LogP contribution is 2.17. The number of benzene rings is 3. The number of ether oxygens (including phenoxy) is 2. The van der Waals surface area contributed by atoms with Crippen molar-refractivity contribution in [2.75, 3.05) is 5.32 Å². The van der Waals surface area contributed by atoms with Gasteiger partial charge in [0.25, 0.3) is 0 Å². The number of hydrogen-bond acceptors (Lipinski definition) is 5. The molecule has 0 saturated carbocycles. The molecule has 0 aliphatic heterocycles. The molecule has 0 aliphatic rings. The van der Waals surface area contributed by atoms with Crippen LogP contribution in [0.1, 0.15) is 52.2 Å². The summed E-state index contributed by atoms with van der Waals surface area (Å²) in [6.45, 7) is 9.70. The van der Waals surface area contributed by atoms with Gasteiger partial charge in [0.2, 0.25) is 5.91 Å². The molecule has 2 unspecified atom stereocenters. The standard InChI is InChI=1S/C33H41N3O5/c1-23(2)20-28(36-32(39)34-26-14-10-7-11-15-26)30(37)35-29(31(38)41-33(3,4)5)21-24-16-18-27(19-17-24)40-22-25-12-8-6-9-13-25/h6-19,23,28-29H,20-22H2,1-5H3,(H,35,37)(H2,34,36,39). The number of urea groups is 1. The molecule has 0 aliphatic carbocycles. The molecule has 41 heavy (non-hydrogen) atoms. The van der Waals surface area contributed by atoms with Gasteiger partial charge in [0.05, 0.1) is 0 Å². The Kier molecular flexibility index (Phi) is 11.3. The monoisotopic (exact) mass is 559 g/mol. The zero-order chi connectivity index (χ0) is 29.8. The molecule has 8 nitrogen and oxygen atoms in total. The molecular weight excluding hydrogens is 518 g/mol. The van der Waals surface area contributed by atoms with Crippen molar-refractivity contribution in [1.82, 2.24) is 10.6 Å². The van der Waals surface area contributed by atoms with Crippen LogP contribution in [0.3, 0.4) is 0 Å². The molecule has 218 valence electrons. The fourth-order valence-corrected chi connectivity index (χ4v) is 4.09. The third kappa shape index (κ3) is 11.4. The van der Waals surface area contributed by atoms with Crippen molar-refractivity contribution in [2.24, 2.45) is 5.92 Å². The predicted octanol–water partition coefficient (Wildman–Crippen LogP) is 5.87. The van der Waals surface area contributed by atoms with E-state index in [1.165, 1.54) is 0 Å². The van der Waals surface area contributed by atoms with Gasteiger partial charge in [-0.3, -0.25) is 4.79 Å². The normalized spacial score (nSPS) is 12.6. The van der Waals surface area contributed by atoms with Crippen molar-refractivity contribution in [3.05, 3.63) is 96.1 Å². The van der Waals surface area contributed by atoms with Crippen LogP contribution >= 0.6 is 0 Å². The van der Waals surface area contributed by atoms with Crippen LogP contribution < -0.4 is 20.7 Å². The second kappa shape index (κ2) is 14.9. The number of anilines is 1. The molecular formula is C33H41N3O5. The molecule has 0 fully saturated rings. The summed E-state index contributed by atoms with van der Waals surface area (Å²) in [6.07, 6.45) is 0.604. The first kappa shape index (κ1) is 31.2. The van der Waals surface area contributed by atoms with Crippen LogP contribution in [-0.4, -0.2) is 35.6 Å². The molecule has 0 spiro atoms. The van der Waals surface area contributed by atoms with E-state index in [1.54, 1.807) is 45.0 Å². The van der Waals surface area contributed by atoms with Crippen molar-refractivity contribution in [1.29, 1.82) is 0 Å². The Morgan fingerprint density at radius 3 is 1.95 bits per heavy atom. The molecule has 8 heteroatoms. The van der Waals surface area contributed by atoms with Gasteiger partial charge >= 0.3 is 12.0 Å². The Bertz CT molecular complexity index is 1260. The van der Waals surface area contributed by atoms with Crippen LogP contribution in [0.5, 0.6) is 5.75 Å². The summed E-state index contributed by atoms with van der Waals surface area (Å²) in [4.78, 5) is 39.3. The van der Waals surface area contributed by atoms with Crippen LogP contribution in [0.25, 0.3) is 0 Å². The molecule has 3 amide bonds. The third-order valence-corrected chi connectivity index (χ3v) is 5.98. The van der Waals surface area contributed by atoms with Gasteiger partial charge in [0, 0.05) is 12.1 Å². The Morgan fingerprint density at radius 2 is 1.37 bits per heavy atom. The summed E-state index contributed by atoms with van der Waals surface area (Å²) >= 11 is 0. The number of carbonyl (C=O) groups is 3. The first-order valence-electron chi connectivity index (χ1n) is 13.9. The van der Waals surface area contributed by atoms with E-state index >= 15 is 0 Å². The predicted molar refractivity (Wildman–Crippen MR) is 161 cm³/mol. The molecule has 0 aromatic heterocycles. The maximum Gasteiger partial charge on any atom is 0.329 e. The number of nitrogens with one attached hydrogen (secondary N) is 3. The van der Waals surface area contributed by atoms with E-state index in [4.69, 9.17) is 9.47 Å². The van der Waals surface area contributed by atoms with E-state index in [2.05, 4.69) is 16.0 Å². The minimum absolute atomic E-state index is 0.117. The van der Waals surface area contributed by atoms with E-state index < -0.39 is 35.6 Å². The summed E-state index contributed by atoms with van der Waals surface area (Å²) in [7, 11) is 0. The van der Waals surface area contributed by atoms with Gasteiger partial charge in [0.15, 0.2) is 0 Å².